The van der Waals surface area contributed by atoms with E-state index >= 15 is 0 Å². The standard InChI is InChI=1S/C30H31NO3S.Li.H/c32-29(33)8-5-19-34-25-15-13-24(14-16-25)30-27(26-6-1-2-7-28(26)35-30)20-22-9-11-23(12-10-22)21-31-17-3-4-18-31;;/h1-2,6-7,9-16H,3-5,8,17-21H2,(H,32,33);;. The number of carboxylic acids is 1. The summed E-state index contributed by atoms with van der Waals surface area (Å²) in [4.78, 5) is 14.5. The van der Waals surface area contributed by atoms with Gasteiger partial charge in [-0.2, -0.15) is 0 Å². The number of rotatable bonds is 10. The Morgan fingerprint density at radius 3 is 2.33 bits per heavy atom. The van der Waals surface area contributed by atoms with Crippen molar-refractivity contribution < 1.29 is 14.6 Å². The van der Waals surface area contributed by atoms with Gasteiger partial charge in [-0.25, -0.2) is 0 Å². The van der Waals surface area contributed by atoms with Gasteiger partial charge in [0.2, 0.25) is 0 Å². The van der Waals surface area contributed by atoms with Gasteiger partial charge in [0, 0.05) is 22.5 Å². The van der Waals surface area contributed by atoms with Gasteiger partial charge in [0.15, 0.2) is 0 Å². The zero-order chi connectivity index (χ0) is 24.0. The number of carbonyl (C=O) groups is 1. The van der Waals surface area contributed by atoms with Gasteiger partial charge in [-0.3, -0.25) is 9.69 Å². The van der Waals surface area contributed by atoms with E-state index in [-0.39, 0.29) is 25.3 Å². The zero-order valence-electron chi connectivity index (χ0n) is 19.9. The van der Waals surface area contributed by atoms with Crippen LogP contribution in [0, 0.1) is 0 Å². The first-order valence-corrected chi connectivity index (χ1v) is 13.2. The Morgan fingerprint density at radius 1 is 0.917 bits per heavy atom. The van der Waals surface area contributed by atoms with Crippen molar-refractivity contribution in [2.75, 3.05) is 19.7 Å². The Bertz CT molecular complexity index is 1280. The van der Waals surface area contributed by atoms with Crippen LogP contribution in [0.4, 0.5) is 0 Å². The van der Waals surface area contributed by atoms with Crippen LogP contribution >= 0.6 is 11.3 Å². The van der Waals surface area contributed by atoms with E-state index in [9.17, 15) is 4.79 Å². The summed E-state index contributed by atoms with van der Waals surface area (Å²) in [5.74, 6) is -0.0159. The molecule has 0 bridgehead atoms. The molecule has 36 heavy (non-hydrogen) atoms. The summed E-state index contributed by atoms with van der Waals surface area (Å²) in [5.41, 5.74) is 5.28. The van der Waals surface area contributed by atoms with E-state index in [1.54, 1.807) is 0 Å². The summed E-state index contributed by atoms with van der Waals surface area (Å²) < 4.78 is 7.03. The summed E-state index contributed by atoms with van der Waals surface area (Å²) in [7, 11) is 0. The Balaban J connectivity index is 0.00000304. The van der Waals surface area contributed by atoms with Crippen molar-refractivity contribution in [2.45, 2.75) is 38.6 Å². The molecule has 1 aliphatic heterocycles. The van der Waals surface area contributed by atoms with Crippen LogP contribution in [0.15, 0.2) is 72.8 Å². The van der Waals surface area contributed by atoms with Gasteiger partial charge in [-0.05, 0) is 96.7 Å². The molecule has 0 atom stereocenters. The number of likely N-dealkylation sites (tertiary alicyclic amines) is 1. The molecular formula is C30H32LiNO3S. The molecule has 0 aliphatic carbocycles. The summed E-state index contributed by atoms with van der Waals surface area (Å²) in [6.45, 7) is 3.90. The number of hydrogen-bond acceptors (Lipinski definition) is 4. The fourth-order valence-electron chi connectivity index (χ4n) is 4.79. The molecule has 0 amide bonds. The van der Waals surface area contributed by atoms with Crippen molar-refractivity contribution in [3.05, 3.63) is 89.5 Å². The number of aliphatic carboxylic acids is 1. The van der Waals surface area contributed by atoms with Crippen LogP contribution in [-0.2, 0) is 17.8 Å². The molecule has 0 saturated carbocycles. The molecule has 2 heterocycles. The molecule has 1 aromatic heterocycles. The molecule has 182 valence electrons. The average molecular weight is 494 g/mol. The first kappa shape index (κ1) is 26.5. The van der Waals surface area contributed by atoms with E-state index in [1.165, 1.54) is 63.1 Å². The van der Waals surface area contributed by atoms with Crippen molar-refractivity contribution >= 4 is 46.3 Å². The molecule has 6 heteroatoms. The van der Waals surface area contributed by atoms with Crippen molar-refractivity contribution in [3.8, 4) is 16.2 Å². The second-order valence-corrected chi connectivity index (χ2v) is 10.3. The molecule has 0 unspecified atom stereocenters. The molecular weight excluding hydrogens is 461 g/mol. The van der Waals surface area contributed by atoms with E-state index < -0.39 is 5.97 Å². The van der Waals surface area contributed by atoms with E-state index in [2.05, 4.69) is 65.6 Å². The number of carboxylic acid groups (broad SMARTS) is 1. The van der Waals surface area contributed by atoms with E-state index in [0.717, 1.165) is 18.7 Å². The van der Waals surface area contributed by atoms with Crippen molar-refractivity contribution in [3.63, 3.8) is 0 Å². The molecule has 1 saturated heterocycles. The number of nitrogens with zero attached hydrogens (tertiary/aromatic N) is 1. The van der Waals surface area contributed by atoms with Crippen LogP contribution in [0.3, 0.4) is 0 Å². The first-order valence-electron chi connectivity index (χ1n) is 12.4. The third-order valence-corrected chi connectivity index (χ3v) is 7.89. The maximum atomic E-state index is 10.7. The topological polar surface area (TPSA) is 49.8 Å². The van der Waals surface area contributed by atoms with Crippen LogP contribution in [0.1, 0.15) is 42.4 Å². The normalized spacial score (nSPS) is 13.6. The van der Waals surface area contributed by atoms with Gasteiger partial charge in [-0.15, -0.1) is 11.3 Å². The minimum absolute atomic E-state index is 0. The van der Waals surface area contributed by atoms with E-state index in [1.807, 2.05) is 23.5 Å². The van der Waals surface area contributed by atoms with Crippen molar-refractivity contribution in [1.82, 2.24) is 4.90 Å². The average Bonchev–Trinajstić information content (AvgIpc) is 3.51. The molecule has 5 rings (SSSR count). The molecule has 4 aromatic rings. The predicted octanol–water partition coefficient (Wildman–Crippen LogP) is 6.35. The Hall–Kier alpha value is -2.55. The van der Waals surface area contributed by atoms with Crippen LogP contribution in [0.25, 0.3) is 20.5 Å². The minimum atomic E-state index is -0.789. The fourth-order valence-corrected chi connectivity index (χ4v) is 6.02. The molecule has 0 radical (unpaired) electrons. The van der Waals surface area contributed by atoms with Gasteiger partial charge in [0.25, 0.3) is 0 Å². The Kier molecular flexibility index (Phi) is 9.28. The van der Waals surface area contributed by atoms with E-state index in [4.69, 9.17) is 9.84 Å². The molecule has 1 N–H and O–H groups in total. The molecule has 3 aromatic carbocycles. The van der Waals surface area contributed by atoms with Gasteiger partial charge in [0.05, 0.1) is 6.61 Å². The van der Waals surface area contributed by atoms with Gasteiger partial charge in [0.1, 0.15) is 5.75 Å². The molecule has 0 spiro atoms. The molecule has 1 aliphatic rings. The zero-order valence-corrected chi connectivity index (χ0v) is 20.7. The van der Waals surface area contributed by atoms with Crippen LogP contribution in [0.2, 0.25) is 0 Å². The maximum absolute atomic E-state index is 10.7. The van der Waals surface area contributed by atoms with Crippen molar-refractivity contribution in [1.29, 1.82) is 0 Å². The second-order valence-electron chi connectivity index (χ2n) is 9.25. The van der Waals surface area contributed by atoms with Gasteiger partial charge >= 0.3 is 24.8 Å². The van der Waals surface area contributed by atoms with E-state index in [0.29, 0.717) is 13.0 Å². The van der Waals surface area contributed by atoms with Crippen molar-refractivity contribution in [2.24, 2.45) is 0 Å². The number of ether oxygens (including phenoxy) is 1. The Labute approximate surface area is 229 Å². The predicted molar refractivity (Wildman–Crippen MR) is 151 cm³/mol. The number of hydrogen-bond donors (Lipinski definition) is 1. The van der Waals surface area contributed by atoms with Gasteiger partial charge < -0.3 is 9.84 Å². The first-order chi connectivity index (χ1) is 17.2. The third kappa shape index (κ3) is 6.60. The number of benzene rings is 3. The number of fused-ring (bicyclic) bond motifs is 1. The number of thiophene rings is 1. The summed E-state index contributed by atoms with van der Waals surface area (Å²) in [6, 6.07) is 26.0. The molecule has 4 nitrogen and oxygen atoms in total. The quantitative estimate of drug-likeness (QED) is 0.207. The summed E-state index contributed by atoms with van der Waals surface area (Å²) in [6.07, 6.45) is 4.18. The fraction of sp³-hybridized carbons (Fsp3) is 0.300. The second kappa shape index (κ2) is 12.6. The summed E-state index contributed by atoms with van der Waals surface area (Å²) in [5, 5.41) is 10.1. The third-order valence-electron chi connectivity index (χ3n) is 6.63. The SMILES string of the molecule is O=C(O)CCCOc1ccc(-c2sc3ccccc3c2Cc2ccc(CN3CCCC3)cc2)cc1.[LiH]. The Morgan fingerprint density at radius 2 is 1.61 bits per heavy atom. The molecule has 1 fully saturated rings. The summed E-state index contributed by atoms with van der Waals surface area (Å²) >= 11 is 1.84. The van der Waals surface area contributed by atoms with Crippen LogP contribution < -0.4 is 4.74 Å². The van der Waals surface area contributed by atoms with Crippen LogP contribution in [-0.4, -0.2) is 54.5 Å². The monoisotopic (exact) mass is 493 g/mol. The van der Waals surface area contributed by atoms with Crippen LogP contribution in [0.5, 0.6) is 5.75 Å². The van der Waals surface area contributed by atoms with Gasteiger partial charge in [-0.1, -0.05) is 42.5 Å².